The van der Waals surface area contributed by atoms with Gasteiger partial charge in [0.15, 0.2) is 0 Å². The van der Waals surface area contributed by atoms with Gasteiger partial charge in [-0.05, 0) is 25.5 Å². The molecule has 0 saturated carbocycles. The van der Waals surface area contributed by atoms with Gasteiger partial charge in [-0.2, -0.15) is 0 Å². The number of hydrogen-bond acceptors (Lipinski definition) is 5. The molecule has 1 N–H and O–H groups in total. The Balaban J connectivity index is 2.28. The Morgan fingerprint density at radius 1 is 1.15 bits per heavy atom. The van der Waals surface area contributed by atoms with E-state index < -0.39 is 22.8 Å². The van der Waals surface area contributed by atoms with Crippen molar-refractivity contribution in [2.45, 2.75) is 26.3 Å². The molecule has 2 rings (SSSR count). The lowest BCUT2D eigenvalue weighted by molar-refractivity contribution is -0.385. The van der Waals surface area contributed by atoms with Crippen LogP contribution in [0.25, 0.3) is 0 Å². The summed E-state index contributed by atoms with van der Waals surface area (Å²) in [5.74, 6) is -1.08. The highest BCUT2D eigenvalue weighted by Gasteiger charge is 2.24. The fraction of sp³-hybridized carbons (Fsp3) is 0.263. The largest absolute Gasteiger partial charge is 0.466 e. The topological polar surface area (TPSA) is 98.5 Å². The highest BCUT2D eigenvalue weighted by atomic mass is 16.6. The third-order valence-corrected chi connectivity index (χ3v) is 3.81. The number of carbonyl (C=O) groups is 2. The van der Waals surface area contributed by atoms with Crippen LogP contribution in [0.4, 0.5) is 5.69 Å². The summed E-state index contributed by atoms with van der Waals surface area (Å²) in [4.78, 5) is 35.0. The third kappa shape index (κ3) is 4.89. The molecule has 0 spiro atoms. The van der Waals surface area contributed by atoms with Crippen LogP contribution in [0.15, 0.2) is 48.5 Å². The number of nitro benzene ring substituents is 1. The van der Waals surface area contributed by atoms with Crippen molar-refractivity contribution in [3.8, 4) is 0 Å². The minimum atomic E-state index is -0.651. The number of nitrogens with one attached hydrogen (secondary N) is 1. The van der Waals surface area contributed by atoms with Gasteiger partial charge in [0.25, 0.3) is 11.6 Å². The molecule has 0 radical (unpaired) electrons. The average molecular weight is 356 g/mol. The maximum atomic E-state index is 12.6. The third-order valence-electron chi connectivity index (χ3n) is 3.81. The van der Waals surface area contributed by atoms with Gasteiger partial charge < -0.3 is 10.1 Å². The molecule has 136 valence electrons. The number of nitrogens with zero attached hydrogens (tertiary/aromatic N) is 1. The maximum absolute atomic E-state index is 12.6. The summed E-state index contributed by atoms with van der Waals surface area (Å²) in [6, 6.07) is 12.4. The summed E-state index contributed by atoms with van der Waals surface area (Å²) in [5.41, 5.74) is 1.41. The zero-order valence-corrected chi connectivity index (χ0v) is 14.6. The standard InChI is InChI=1S/C19H20N2O5/c1-3-26-18(22)12-16(14-10-8-13(2)9-11-14)20-19(23)15-6-4-5-7-17(15)21(24)25/h4-11,16H,3,12H2,1-2H3,(H,20,23). The predicted octanol–water partition coefficient (Wildman–Crippen LogP) is 3.33. The second kappa shape index (κ2) is 8.75. The fourth-order valence-electron chi connectivity index (χ4n) is 2.50. The van der Waals surface area contributed by atoms with Gasteiger partial charge in [0.1, 0.15) is 5.56 Å². The number of esters is 1. The molecule has 1 atom stereocenters. The minimum absolute atomic E-state index is 0.0570. The van der Waals surface area contributed by atoms with Crippen LogP contribution < -0.4 is 5.32 Å². The number of carbonyl (C=O) groups excluding carboxylic acids is 2. The second-order valence-corrected chi connectivity index (χ2v) is 5.72. The van der Waals surface area contributed by atoms with Gasteiger partial charge >= 0.3 is 5.97 Å². The molecule has 0 aromatic heterocycles. The Hall–Kier alpha value is -3.22. The number of amides is 1. The van der Waals surface area contributed by atoms with Crippen LogP contribution in [0.3, 0.4) is 0 Å². The van der Waals surface area contributed by atoms with Gasteiger partial charge in [-0.15, -0.1) is 0 Å². The number of para-hydroxylation sites is 1. The number of rotatable bonds is 7. The van der Waals surface area contributed by atoms with Crippen LogP contribution in [-0.4, -0.2) is 23.4 Å². The highest BCUT2D eigenvalue weighted by Crippen LogP contribution is 2.22. The lowest BCUT2D eigenvalue weighted by atomic mass is 10.0. The van der Waals surface area contributed by atoms with Crippen LogP contribution in [0.2, 0.25) is 0 Å². The van der Waals surface area contributed by atoms with E-state index in [0.717, 1.165) is 11.1 Å². The Bertz CT molecular complexity index is 802. The lowest BCUT2D eigenvalue weighted by Crippen LogP contribution is -2.31. The van der Waals surface area contributed by atoms with E-state index in [1.807, 2.05) is 19.1 Å². The molecule has 2 aromatic rings. The van der Waals surface area contributed by atoms with E-state index in [4.69, 9.17) is 4.74 Å². The molecule has 2 aromatic carbocycles. The lowest BCUT2D eigenvalue weighted by Gasteiger charge is -2.19. The Morgan fingerprint density at radius 3 is 2.42 bits per heavy atom. The minimum Gasteiger partial charge on any atom is -0.466 e. The normalized spacial score (nSPS) is 11.5. The summed E-state index contributed by atoms with van der Waals surface area (Å²) >= 11 is 0. The quantitative estimate of drug-likeness (QED) is 0.466. The van der Waals surface area contributed by atoms with Crippen LogP contribution in [-0.2, 0) is 9.53 Å². The van der Waals surface area contributed by atoms with Gasteiger partial charge in [0.05, 0.1) is 24.0 Å². The van der Waals surface area contributed by atoms with Gasteiger partial charge in [-0.3, -0.25) is 19.7 Å². The maximum Gasteiger partial charge on any atom is 0.308 e. The van der Waals surface area contributed by atoms with Gasteiger partial charge in [-0.1, -0.05) is 42.0 Å². The number of aryl methyl sites for hydroxylation is 1. The smallest absolute Gasteiger partial charge is 0.308 e. The molecule has 1 amide bonds. The van der Waals surface area contributed by atoms with E-state index in [1.54, 1.807) is 25.1 Å². The predicted molar refractivity (Wildman–Crippen MR) is 95.7 cm³/mol. The molecule has 0 saturated heterocycles. The van der Waals surface area contributed by atoms with Gasteiger partial charge in [-0.25, -0.2) is 0 Å². The number of hydrogen-bond donors (Lipinski definition) is 1. The van der Waals surface area contributed by atoms with Crippen LogP contribution in [0.1, 0.15) is 40.9 Å². The van der Waals surface area contributed by atoms with Crippen LogP contribution >= 0.6 is 0 Å². The van der Waals surface area contributed by atoms with Crippen LogP contribution in [0.5, 0.6) is 0 Å². The summed E-state index contributed by atoms with van der Waals surface area (Å²) in [6.45, 7) is 3.86. The van der Waals surface area contributed by atoms with Crippen LogP contribution in [0, 0.1) is 17.0 Å². The summed E-state index contributed by atoms with van der Waals surface area (Å²) in [6.07, 6.45) is -0.0662. The Morgan fingerprint density at radius 2 is 1.81 bits per heavy atom. The van der Waals surface area contributed by atoms with E-state index in [2.05, 4.69) is 5.32 Å². The molecule has 0 aliphatic carbocycles. The first-order valence-electron chi connectivity index (χ1n) is 8.18. The first-order valence-corrected chi connectivity index (χ1v) is 8.18. The molecule has 0 aliphatic heterocycles. The molecule has 1 unspecified atom stereocenters. The molecular weight excluding hydrogens is 336 g/mol. The number of nitro groups is 1. The molecule has 7 heteroatoms. The average Bonchev–Trinajstić information content (AvgIpc) is 2.62. The van der Waals surface area contributed by atoms with E-state index in [0.29, 0.717) is 0 Å². The van der Waals surface area contributed by atoms with E-state index in [1.165, 1.54) is 18.2 Å². The second-order valence-electron chi connectivity index (χ2n) is 5.72. The summed E-state index contributed by atoms with van der Waals surface area (Å²) in [7, 11) is 0. The van der Waals surface area contributed by atoms with Crippen molar-refractivity contribution < 1.29 is 19.2 Å². The molecule has 7 nitrogen and oxygen atoms in total. The van der Waals surface area contributed by atoms with E-state index >= 15 is 0 Å². The first-order chi connectivity index (χ1) is 12.4. The first kappa shape index (κ1) is 19.1. The zero-order valence-electron chi connectivity index (χ0n) is 14.6. The molecule has 0 aliphatic rings. The van der Waals surface area contributed by atoms with Gasteiger partial charge in [0, 0.05) is 6.07 Å². The zero-order chi connectivity index (χ0) is 19.1. The SMILES string of the molecule is CCOC(=O)CC(NC(=O)c1ccccc1[N+](=O)[O-])c1ccc(C)cc1. The van der Waals surface area contributed by atoms with Crippen molar-refractivity contribution >= 4 is 17.6 Å². The Kier molecular flexibility index (Phi) is 6.43. The van der Waals surface area contributed by atoms with Crippen molar-refractivity contribution in [3.05, 3.63) is 75.3 Å². The number of ether oxygens (including phenoxy) is 1. The van der Waals surface area contributed by atoms with Crippen molar-refractivity contribution in [1.82, 2.24) is 5.32 Å². The van der Waals surface area contributed by atoms with Crippen molar-refractivity contribution in [1.29, 1.82) is 0 Å². The summed E-state index contributed by atoms with van der Waals surface area (Å²) < 4.78 is 4.97. The van der Waals surface area contributed by atoms with Crippen molar-refractivity contribution in [2.75, 3.05) is 6.61 Å². The van der Waals surface area contributed by atoms with E-state index in [9.17, 15) is 19.7 Å². The summed E-state index contributed by atoms with van der Waals surface area (Å²) in [5, 5.41) is 13.8. The molecule has 26 heavy (non-hydrogen) atoms. The fourth-order valence-corrected chi connectivity index (χ4v) is 2.50. The molecular formula is C19H20N2O5. The van der Waals surface area contributed by atoms with Crippen molar-refractivity contribution in [2.24, 2.45) is 0 Å². The van der Waals surface area contributed by atoms with Crippen molar-refractivity contribution in [3.63, 3.8) is 0 Å². The van der Waals surface area contributed by atoms with Gasteiger partial charge in [0.2, 0.25) is 0 Å². The molecule has 0 fully saturated rings. The Labute approximate surface area is 151 Å². The molecule has 0 heterocycles. The highest BCUT2D eigenvalue weighted by molar-refractivity contribution is 5.98. The number of benzene rings is 2. The molecule has 0 bridgehead atoms. The monoisotopic (exact) mass is 356 g/mol. The van der Waals surface area contributed by atoms with E-state index in [-0.39, 0.29) is 24.3 Å².